The van der Waals surface area contributed by atoms with Gasteiger partial charge in [-0.2, -0.15) is 0 Å². The number of fused-ring (bicyclic) bond motifs is 1. The smallest absolute Gasteiger partial charge is 0.143 e. The average Bonchev–Trinajstić information content (AvgIpc) is 2.70. The van der Waals surface area contributed by atoms with Crippen LogP contribution in [0.1, 0.15) is 37.1 Å². The number of benzene rings is 1. The predicted octanol–water partition coefficient (Wildman–Crippen LogP) is 4.63. The van der Waals surface area contributed by atoms with Crippen LogP contribution < -0.4 is 5.32 Å². The minimum atomic E-state index is -0.492. The van der Waals surface area contributed by atoms with Crippen LogP contribution in [0.15, 0.2) is 12.1 Å². The highest BCUT2D eigenvalue weighted by atomic mass is 32.1. The van der Waals surface area contributed by atoms with Gasteiger partial charge in [-0.25, -0.2) is 8.78 Å². The second kappa shape index (κ2) is 6.44. The Labute approximate surface area is 116 Å². The van der Waals surface area contributed by atoms with E-state index in [1.807, 2.05) is 0 Å². The highest BCUT2D eigenvalue weighted by molar-refractivity contribution is 7.19. The van der Waals surface area contributed by atoms with Gasteiger partial charge in [0.05, 0.1) is 4.70 Å². The average molecular weight is 283 g/mol. The third-order valence-electron chi connectivity index (χ3n) is 3.11. The Morgan fingerprint density at radius 3 is 2.63 bits per heavy atom. The van der Waals surface area contributed by atoms with E-state index in [1.54, 1.807) is 0 Å². The van der Waals surface area contributed by atoms with E-state index < -0.39 is 11.6 Å². The van der Waals surface area contributed by atoms with Gasteiger partial charge in [-0.1, -0.05) is 20.3 Å². The third-order valence-corrected chi connectivity index (χ3v) is 4.36. The lowest BCUT2D eigenvalue weighted by Gasteiger charge is -2.04. The van der Waals surface area contributed by atoms with E-state index in [2.05, 4.69) is 19.2 Å². The SMILES string of the molecule is CCCNCc1sc2c(F)cc(F)cc2c1CCC. The molecule has 0 atom stereocenters. The summed E-state index contributed by atoms with van der Waals surface area (Å²) in [6.45, 7) is 5.88. The molecule has 0 fully saturated rings. The maximum absolute atomic E-state index is 13.8. The van der Waals surface area contributed by atoms with E-state index in [9.17, 15) is 8.78 Å². The zero-order valence-electron chi connectivity index (χ0n) is 11.4. The largest absolute Gasteiger partial charge is 0.312 e. The Morgan fingerprint density at radius 1 is 1.16 bits per heavy atom. The number of hydrogen-bond donors (Lipinski definition) is 1. The minimum absolute atomic E-state index is 0.445. The standard InChI is InChI=1S/C15H19F2NS/c1-3-5-11-12-7-10(16)8-13(17)15(12)19-14(11)9-18-6-4-2/h7-8,18H,3-6,9H2,1-2H3. The summed E-state index contributed by atoms with van der Waals surface area (Å²) >= 11 is 1.45. The number of thiophene rings is 1. The van der Waals surface area contributed by atoms with Crippen molar-refractivity contribution in [1.82, 2.24) is 5.32 Å². The molecule has 0 aliphatic rings. The predicted molar refractivity (Wildman–Crippen MR) is 77.7 cm³/mol. The number of nitrogens with one attached hydrogen (secondary N) is 1. The van der Waals surface area contributed by atoms with Gasteiger partial charge in [0.1, 0.15) is 11.6 Å². The van der Waals surface area contributed by atoms with Crippen LogP contribution in [0.3, 0.4) is 0 Å². The first kappa shape index (κ1) is 14.4. The maximum atomic E-state index is 13.8. The molecule has 0 bridgehead atoms. The van der Waals surface area contributed by atoms with Crippen LogP contribution >= 0.6 is 11.3 Å². The van der Waals surface area contributed by atoms with Crippen LogP contribution in [0, 0.1) is 11.6 Å². The molecule has 1 heterocycles. The summed E-state index contributed by atoms with van der Waals surface area (Å²) in [5.41, 5.74) is 1.10. The van der Waals surface area contributed by atoms with Crippen molar-refractivity contribution >= 4 is 21.4 Å². The molecule has 1 N–H and O–H groups in total. The van der Waals surface area contributed by atoms with E-state index in [-0.39, 0.29) is 0 Å². The lowest BCUT2D eigenvalue weighted by atomic mass is 10.1. The zero-order valence-corrected chi connectivity index (χ0v) is 12.2. The number of hydrogen-bond acceptors (Lipinski definition) is 2. The number of halogens is 2. The van der Waals surface area contributed by atoms with Crippen molar-refractivity contribution in [1.29, 1.82) is 0 Å². The molecule has 1 aromatic carbocycles. The van der Waals surface area contributed by atoms with Crippen molar-refractivity contribution in [2.45, 2.75) is 39.7 Å². The normalized spacial score (nSPS) is 11.4. The summed E-state index contributed by atoms with van der Waals surface area (Å²) in [5.74, 6) is -0.938. The minimum Gasteiger partial charge on any atom is -0.312 e. The summed E-state index contributed by atoms with van der Waals surface area (Å²) in [5, 5.41) is 4.09. The van der Waals surface area contributed by atoms with Crippen LogP contribution in [-0.4, -0.2) is 6.54 Å². The van der Waals surface area contributed by atoms with Crippen molar-refractivity contribution in [2.75, 3.05) is 6.54 Å². The van der Waals surface area contributed by atoms with Gasteiger partial charge in [-0.15, -0.1) is 11.3 Å². The Balaban J connectivity index is 2.44. The molecule has 19 heavy (non-hydrogen) atoms. The zero-order chi connectivity index (χ0) is 13.8. The first-order chi connectivity index (χ1) is 9.17. The van der Waals surface area contributed by atoms with Crippen molar-refractivity contribution < 1.29 is 8.78 Å². The molecule has 0 saturated carbocycles. The fourth-order valence-corrected chi connectivity index (χ4v) is 3.47. The molecule has 2 rings (SSSR count). The second-order valence-electron chi connectivity index (χ2n) is 4.69. The van der Waals surface area contributed by atoms with Crippen molar-refractivity contribution in [3.05, 3.63) is 34.2 Å². The Hall–Kier alpha value is -1.00. The summed E-state index contributed by atoms with van der Waals surface area (Å²) < 4.78 is 27.8. The van der Waals surface area contributed by atoms with E-state index in [1.165, 1.54) is 17.4 Å². The molecule has 2 aromatic rings. The van der Waals surface area contributed by atoms with Gasteiger partial charge in [0.15, 0.2) is 0 Å². The van der Waals surface area contributed by atoms with E-state index in [4.69, 9.17) is 0 Å². The molecule has 0 amide bonds. The van der Waals surface area contributed by atoms with Gasteiger partial charge in [0.25, 0.3) is 0 Å². The van der Waals surface area contributed by atoms with E-state index >= 15 is 0 Å². The third kappa shape index (κ3) is 3.12. The lowest BCUT2D eigenvalue weighted by molar-refractivity contribution is 0.593. The molecule has 104 valence electrons. The molecule has 0 aliphatic carbocycles. The monoisotopic (exact) mass is 283 g/mol. The fourth-order valence-electron chi connectivity index (χ4n) is 2.27. The molecule has 4 heteroatoms. The summed E-state index contributed by atoms with van der Waals surface area (Å²) in [6, 6.07) is 2.43. The molecule has 0 aliphatic heterocycles. The van der Waals surface area contributed by atoms with Crippen LogP contribution in [0.5, 0.6) is 0 Å². The maximum Gasteiger partial charge on any atom is 0.143 e. The van der Waals surface area contributed by atoms with Crippen LogP contribution in [0.4, 0.5) is 8.78 Å². The Kier molecular flexibility index (Phi) is 4.88. The molecular weight excluding hydrogens is 264 g/mol. The first-order valence-corrected chi connectivity index (χ1v) is 7.59. The first-order valence-electron chi connectivity index (χ1n) is 6.77. The molecule has 0 unspecified atom stereocenters. The highest BCUT2D eigenvalue weighted by Crippen LogP contribution is 2.34. The molecule has 1 nitrogen and oxygen atoms in total. The Morgan fingerprint density at radius 2 is 1.95 bits per heavy atom. The number of aryl methyl sites for hydroxylation is 1. The van der Waals surface area contributed by atoms with E-state index in [0.29, 0.717) is 4.70 Å². The van der Waals surface area contributed by atoms with Gasteiger partial charge in [0.2, 0.25) is 0 Å². The van der Waals surface area contributed by atoms with E-state index in [0.717, 1.165) is 54.2 Å². The van der Waals surface area contributed by atoms with Gasteiger partial charge in [-0.05, 0) is 31.0 Å². The molecule has 0 saturated heterocycles. The van der Waals surface area contributed by atoms with Crippen LogP contribution in [0.2, 0.25) is 0 Å². The lowest BCUT2D eigenvalue weighted by Crippen LogP contribution is -2.13. The second-order valence-corrected chi connectivity index (χ2v) is 5.80. The summed E-state index contributed by atoms with van der Waals surface area (Å²) in [7, 11) is 0. The highest BCUT2D eigenvalue weighted by Gasteiger charge is 2.15. The van der Waals surface area contributed by atoms with Gasteiger partial charge >= 0.3 is 0 Å². The summed E-state index contributed by atoms with van der Waals surface area (Å²) in [6.07, 6.45) is 2.91. The molecule has 0 radical (unpaired) electrons. The van der Waals surface area contributed by atoms with Gasteiger partial charge in [-0.3, -0.25) is 0 Å². The Bertz CT molecular complexity index is 563. The molecule has 0 spiro atoms. The number of rotatable bonds is 6. The quantitative estimate of drug-likeness (QED) is 0.762. The molecule has 1 aromatic heterocycles. The van der Waals surface area contributed by atoms with Crippen molar-refractivity contribution in [3.8, 4) is 0 Å². The van der Waals surface area contributed by atoms with Gasteiger partial charge < -0.3 is 5.32 Å². The topological polar surface area (TPSA) is 12.0 Å². The summed E-state index contributed by atoms with van der Waals surface area (Å²) in [4.78, 5) is 1.13. The van der Waals surface area contributed by atoms with Crippen LogP contribution in [0.25, 0.3) is 10.1 Å². The van der Waals surface area contributed by atoms with Gasteiger partial charge in [0, 0.05) is 22.9 Å². The van der Waals surface area contributed by atoms with Crippen LogP contribution in [-0.2, 0) is 13.0 Å². The van der Waals surface area contributed by atoms with Crippen molar-refractivity contribution in [2.24, 2.45) is 0 Å². The fraction of sp³-hybridized carbons (Fsp3) is 0.467. The molecular formula is C15H19F2NS. The van der Waals surface area contributed by atoms with Crippen molar-refractivity contribution in [3.63, 3.8) is 0 Å².